The van der Waals surface area contributed by atoms with Crippen molar-refractivity contribution in [1.29, 1.82) is 0 Å². The molecule has 0 spiro atoms. The maximum Gasteiger partial charge on any atom is 0.261 e. The second-order valence-corrected chi connectivity index (χ2v) is 13.2. The van der Waals surface area contributed by atoms with Gasteiger partial charge in [0.1, 0.15) is 6.29 Å². The smallest absolute Gasteiger partial charge is 0.261 e. The zero-order valence-electron chi connectivity index (χ0n) is 18.7. The summed E-state index contributed by atoms with van der Waals surface area (Å²) in [5, 5.41) is 2.31. The fraction of sp³-hybridized carbons (Fsp3) is 0.296. The van der Waals surface area contributed by atoms with Gasteiger partial charge in [-0.05, 0) is 21.0 Å². The lowest BCUT2D eigenvalue weighted by Gasteiger charge is -2.43. The summed E-state index contributed by atoms with van der Waals surface area (Å²) in [6.07, 6.45) is 0.961. The van der Waals surface area contributed by atoms with Gasteiger partial charge in [-0.2, -0.15) is 0 Å². The average molecular weight is 433 g/mol. The van der Waals surface area contributed by atoms with Crippen molar-refractivity contribution < 1.29 is 14.0 Å². The summed E-state index contributed by atoms with van der Waals surface area (Å²) in [4.78, 5) is 11.8. The van der Waals surface area contributed by atoms with E-state index in [1.54, 1.807) is 0 Å². The molecule has 0 heterocycles. The van der Waals surface area contributed by atoms with E-state index in [4.69, 9.17) is 9.16 Å². The van der Waals surface area contributed by atoms with E-state index in [1.807, 2.05) is 42.5 Å². The lowest BCUT2D eigenvalue weighted by atomic mass is 10.2. The number of hydrogen-bond donors (Lipinski definition) is 0. The molecule has 162 valence electrons. The number of benzene rings is 3. The highest BCUT2D eigenvalue weighted by molar-refractivity contribution is 6.99. The van der Waals surface area contributed by atoms with Crippen molar-refractivity contribution in [1.82, 2.24) is 0 Å². The normalized spacial score (nSPS) is 13.0. The molecule has 3 nitrogen and oxygen atoms in total. The van der Waals surface area contributed by atoms with Gasteiger partial charge in [0, 0.05) is 6.61 Å². The maximum atomic E-state index is 11.8. The summed E-state index contributed by atoms with van der Waals surface area (Å²) >= 11 is 0. The van der Waals surface area contributed by atoms with E-state index in [0.29, 0.717) is 19.8 Å². The molecule has 0 radical (unpaired) electrons. The fourth-order valence-electron chi connectivity index (χ4n) is 4.02. The van der Waals surface area contributed by atoms with Crippen LogP contribution in [0.3, 0.4) is 0 Å². The van der Waals surface area contributed by atoms with Crippen LogP contribution in [0, 0.1) is 5.92 Å². The molecule has 0 aliphatic carbocycles. The van der Waals surface area contributed by atoms with E-state index in [1.165, 1.54) is 10.4 Å². The van der Waals surface area contributed by atoms with Crippen molar-refractivity contribution >= 4 is 25.0 Å². The molecule has 3 aromatic rings. The highest BCUT2D eigenvalue weighted by Gasteiger charge is 2.50. The Morgan fingerprint density at radius 3 is 1.71 bits per heavy atom. The Hall–Kier alpha value is -2.53. The van der Waals surface area contributed by atoms with Crippen LogP contribution in [0.4, 0.5) is 0 Å². The molecule has 31 heavy (non-hydrogen) atoms. The number of aldehydes is 1. The van der Waals surface area contributed by atoms with Crippen LogP contribution in [0.25, 0.3) is 0 Å². The summed E-state index contributed by atoms with van der Waals surface area (Å²) < 4.78 is 12.7. The molecule has 0 aliphatic rings. The largest absolute Gasteiger partial charge is 0.407 e. The van der Waals surface area contributed by atoms with Crippen molar-refractivity contribution in [3.8, 4) is 0 Å². The van der Waals surface area contributed by atoms with Crippen molar-refractivity contribution in [2.45, 2.75) is 32.4 Å². The zero-order valence-corrected chi connectivity index (χ0v) is 19.7. The van der Waals surface area contributed by atoms with Crippen molar-refractivity contribution in [3.63, 3.8) is 0 Å². The third-order valence-corrected chi connectivity index (χ3v) is 10.6. The lowest BCUT2D eigenvalue weighted by Crippen LogP contribution is -2.67. The summed E-state index contributed by atoms with van der Waals surface area (Å²) in [5.74, 6) is -0.314. The monoisotopic (exact) mass is 432 g/mol. The molecule has 0 N–H and O–H groups in total. The Morgan fingerprint density at radius 1 is 0.774 bits per heavy atom. The maximum absolute atomic E-state index is 11.8. The molecule has 3 rings (SSSR count). The Bertz CT molecular complexity index is 881. The summed E-state index contributed by atoms with van der Waals surface area (Å²) in [6.45, 7) is 7.88. The minimum absolute atomic E-state index is 0.117. The molecule has 0 aliphatic heterocycles. The highest BCUT2D eigenvalue weighted by atomic mass is 28.4. The van der Waals surface area contributed by atoms with Gasteiger partial charge in [-0.1, -0.05) is 112 Å². The van der Waals surface area contributed by atoms with Crippen molar-refractivity contribution in [3.05, 3.63) is 96.6 Å². The van der Waals surface area contributed by atoms with Crippen LogP contribution in [0.2, 0.25) is 5.04 Å². The molecule has 0 aromatic heterocycles. The molecular formula is C27H32O3Si. The predicted molar refractivity (Wildman–Crippen MR) is 129 cm³/mol. The molecule has 0 amide bonds. The molecule has 4 heteroatoms. The molecule has 0 saturated heterocycles. The first-order chi connectivity index (χ1) is 15.0. The lowest BCUT2D eigenvalue weighted by molar-refractivity contribution is -0.114. The third-order valence-electron chi connectivity index (χ3n) is 5.57. The van der Waals surface area contributed by atoms with E-state index >= 15 is 0 Å². The molecule has 0 saturated carbocycles. The van der Waals surface area contributed by atoms with Crippen LogP contribution in [0.15, 0.2) is 91.0 Å². The molecular weight excluding hydrogens is 400 g/mol. The SMILES string of the molecule is CC(C)(C)[Si](OC[C@@H](C=O)COCc1ccccc1)(c1ccccc1)c1ccccc1. The number of ether oxygens (including phenoxy) is 1. The quantitative estimate of drug-likeness (QED) is 0.347. The second-order valence-electron chi connectivity index (χ2n) is 8.87. The minimum Gasteiger partial charge on any atom is -0.407 e. The van der Waals surface area contributed by atoms with Crippen LogP contribution in [-0.4, -0.2) is 27.8 Å². The molecule has 0 unspecified atom stereocenters. The number of hydrogen-bond acceptors (Lipinski definition) is 3. The van der Waals surface area contributed by atoms with Gasteiger partial charge in [-0.25, -0.2) is 0 Å². The molecule has 1 atom stereocenters. The van der Waals surface area contributed by atoms with E-state index in [2.05, 4.69) is 69.3 Å². The van der Waals surface area contributed by atoms with Crippen LogP contribution in [0.1, 0.15) is 26.3 Å². The summed E-state index contributed by atoms with van der Waals surface area (Å²) in [7, 11) is -2.65. The van der Waals surface area contributed by atoms with Crippen molar-refractivity contribution in [2.75, 3.05) is 13.2 Å². The van der Waals surface area contributed by atoms with E-state index < -0.39 is 8.32 Å². The van der Waals surface area contributed by atoms with Gasteiger partial charge < -0.3 is 14.0 Å². The van der Waals surface area contributed by atoms with Crippen LogP contribution in [0.5, 0.6) is 0 Å². The van der Waals surface area contributed by atoms with Crippen LogP contribution >= 0.6 is 0 Å². The summed E-state index contributed by atoms with van der Waals surface area (Å²) in [6, 6.07) is 31.0. The predicted octanol–water partition coefficient (Wildman–Crippen LogP) is 4.59. The first-order valence-corrected chi connectivity index (χ1v) is 12.7. The number of carbonyl (C=O) groups excluding carboxylic acids is 1. The summed E-state index contributed by atoms with van der Waals surface area (Å²) in [5.41, 5.74) is 1.10. The Labute approximate surface area is 187 Å². The first-order valence-electron chi connectivity index (χ1n) is 10.8. The van der Waals surface area contributed by atoms with E-state index in [9.17, 15) is 4.79 Å². The topological polar surface area (TPSA) is 35.5 Å². The van der Waals surface area contributed by atoms with Crippen LogP contribution < -0.4 is 10.4 Å². The molecule has 0 fully saturated rings. The highest BCUT2D eigenvalue weighted by Crippen LogP contribution is 2.36. The second kappa shape index (κ2) is 10.7. The van der Waals surface area contributed by atoms with Gasteiger partial charge in [0.05, 0.1) is 19.1 Å². The van der Waals surface area contributed by atoms with Gasteiger partial charge in [0.15, 0.2) is 0 Å². The Kier molecular flexibility index (Phi) is 7.96. The van der Waals surface area contributed by atoms with E-state index in [0.717, 1.165) is 11.8 Å². The molecule has 3 aromatic carbocycles. The zero-order chi connectivity index (χ0) is 22.2. The van der Waals surface area contributed by atoms with Gasteiger partial charge in [-0.15, -0.1) is 0 Å². The van der Waals surface area contributed by atoms with Crippen LogP contribution in [-0.2, 0) is 20.6 Å². The van der Waals surface area contributed by atoms with Gasteiger partial charge in [-0.3, -0.25) is 0 Å². The van der Waals surface area contributed by atoms with Gasteiger partial charge in [0.2, 0.25) is 0 Å². The Balaban J connectivity index is 1.82. The standard InChI is InChI=1S/C27H32O3Si/c1-27(2,3)31(25-15-9-5-10-16-25,26-17-11-6-12-18-26)30-22-24(19-28)21-29-20-23-13-7-4-8-14-23/h4-19,24H,20-22H2,1-3H3/t24-/m0/s1. The van der Waals surface area contributed by atoms with E-state index in [-0.39, 0.29) is 11.0 Å². The minimum atomic E-state index is -2.65. The fourth-order valence-corrected chi connectivity index (χ4v) is 8.64. The number of carbonyl (C=O) groups is 1. The average Bonchev–Trinajstić information content (AvgIpc) is 2.79. The van der Waals surface area contributed by atoms with Crippen molar-refractivity contribution in [2.24, 2.45) is 5.92 Å². The Morgan fingerprint density at radius 2 is 1.26 bits per heavy atom. The van der Waals surface area contributed by atoms with Gasteiger partial charge >= 0.3 is 0 Å². The van der Waals surface area contributed by atoms with Gasteiger partial charge in [0.25, 0.3) is 8.32 Å². The molecule has 0 bridgehead atoms. The number of rotatable bonds is 10. The first kappa shape index (κ1) is 23.1. The third kappa shape index (κ3) is 5.59.